The third kappa shape index (κ3) is 2.34. The zero-order chi connectivity index (χ0) is 13.1. The number of carbonyl (C=O) groups excluding carboxylic acids is 1. The first-order valence-electron chi connectivity index (χ1n) is 6.10. The highest BCUT2D eigenvalue weighted by Crippen LogP contribution is 2.28. The van der Waals surface area contributed by atoms with Crippen molar-refractivity contribution in [1.82, 2.24) is 0 Å². The third-order valence-electron chi connectivity index (χ3n) is 3.42. The second kappa shape index (κ2) is 5.16. The van der Waals surface area contributed by atoms with E-state index in [1.54, 1.807) is 19.1 Å². The highest BCUT2D eigenvalue weighted by molar-refractivity contribution is 5.67. The molecule has 1 fully saturated rings. The summed E-state index contributed by atoms with van der Waals surface area (Å²) in [5.74, 6) is 0. The molecule has 5 heteroatoms. The molecule has 0 N–H and O–H groups in total. The van der Waals surface area contributed by atoms with Gasteiger partial charge in [0, 0.05) is 23.9 Å². The van der Waals surface area contributed by atoms with Gasteiger partial charge in [0.2, 0.25) is 0 Å². The zero-order valence-electron chi connectivity index (χ0n) is 10.3. The molecular weight excluding hydrogens is 232 g/mol. The van der Waals surface area contributed by atoms with Gasteiger partial charge in [-0.2, -0.15) is 0 Å². The van der Waals surface area contributed by atoms with Gasteiger partial charge in [0.25, 0.3) is 5.69 Å². The quantitative estimate of drug-likeness (QED) is 0.468. The molecule has 18 heavy (non-hydrogen) atoms. The van der Waals surface area contributed by atoms with Crippen LogP contribution in [0, 0.1) is 17.0 Å². The Morgan fingerprint density at radius 1 is 1.44 bits per heavy atom. The van der Waals surface area contributed by atoms with Gasteiger partial charge in [-0.15, -0.1) is 0 Å². The molecule has 0 radical (unpaired) electrons. The fraction of sp³-hybridized carbons (Fsp3) is 0.462. The van der Waals surface area contributed by atoms with Crippen molar-refractivity contribution in [3.8, 4) is 0 Å². The molecule has 1 heterocycles. The third-order valence-corrected chi connectivity index (χ3v) is 3.42. The number of anilines is 1. The molecule has 96 valence electrons. The Labute approximate surface area is 106 Å². The van der Waals surface area contributed by atoms with E-state index in [-0.39, 0.29) is 16.7 Å². The first-order chi connectivity index (χ1) is 8.63. The number of benzene rings is 1. The van der Waals surface area contributed by atoms with Crippen LogP contribution in [0.4, 0.5) is 11.4 Å². The lowest BCUT2D eigenvalue weighted by Crippen LogP contribution is -2.40. The normalized spacial score (nSPS) is 19.6. The first kappa shape index (κ1) is 12.5. The first-order valence-corrected chi connectivity index (χ1v) is 6.10. The van der Waals surface area contributed by atoms with Crippen LogP contribution in [0.25, 0.3) is 0 Å². The predicted octanol–water partition coefficient (Wildman–Crippen LogP) is 2.46. The molecule has 0 bridgehead atoms. The molecule has 0 amide bonds. The van der Waals surface area contributed by atoms with Crippen LogP contribution in [-0.2, 0) is 4.79 Å². The highest BCUT2D eigenvalue weighted by Gasteiger charge is 2.23. The average Bonchev–Trinajstić information content (AvgIpc) is 2.38. The maximum absolute atomic E-state index is 11.1. The van der Waals surface area contributed by atoms with E-state index in [0.29, 0.717) is 5.56 Å². The van der Waals surface area contributed by atoms with Gasteiger partial charge in [-0.25, -0.2) is 0 Å². The lowest BCUT2D eigenvalue weighted by molar-refractivity contribution is -0.385. The smallest absolute Gasteiger partial charge is 0.272 e. The number of nitro benzene ring substituents is 1. The van der Waals surface area contributed by atoms with Crippen molar-refractivity contribution in [2.24, 2.45) is 0 Å². The summed E-state index contributed by atoms with van der Waals surface area (Å²) in [5.41, 5.74) is 1.65. The largest absolute Gasteiger partial charge is 0.362 e. The minimum absolute atomic E-state index is 0.0976. The van der Waals surface area contributed by atoms with Crippen LogP contribution in [0.5, 0.6) is 0 Å². The standard InChI is InChI=1S/C13H16N2O3/c1-10-8-11(5-6-13(10)15(17)18)14-7-3-2-4-12(14)9-16/h5-6,8-9,12H,2-4,7H2,1H3. The van der Waals surface area contributed by atoms with Crippen LogP contribution >= 0.6 is 0 Å². The van der Waals surface area contributed by atoms with Gasteiger partial charge in [0.1, 0.15) is 6.29 Å². The van der Waals surface area contributed by atoms with Gasteiger partial charge in [0.05, 0.1) is 11.0 Å². The number of nitro groups is 1. The molecule has 1 saturated heterocycles. The van der Waals surface area contributed by atoms with Crippen LogP contribution in [0.1, 0.15) is 24.8 Å². The van der Waals surface area contributed by atoms with Crippen molar-refractivity contribution in [1.29, 1.82) is 0 Å². The molecule has 0 saturated carbocycles. The molecule has 2 rings (SSSR count). The lowest BCUT2D eigenvalue weighted by atomic mass is 10.0. The van der Waals surface area contributed by atoms with Gasteiger partial charge in [0.15, 0.2) is 0 Å². The number of hydrogen-bond donors (Lipinski definition) is 0. The summed E-state index contributed by atoms with van der Waals surface area (Å²) in [6, 6.07) is 4.94. The molecule has 0 aromatic heterocycles. The number of hydrogen-bond acceptors (Lipinski definition) is 4. The van der Waals surface area contributed by atoms with Gasteiger partial charge in [-0.05, 0) is 38.3 Å². The van der Waals surface area contributed by atoms with E-state index < -0.39 is 0 Å². The van der Waals surface area contributed by atoms with Crippen LogP contribution in [0.2, 0.25) is 0 Å². The van der Waals surface area contributed by atoms with Crippen molar-refractivity contribution < 1.29 is 9.72 Å². The molecule has 1 aromatic carbocycles. The SMILES string of the molecule is Cc1cc(N2CCCCC2C=O)ccc1[N+](=O)[O-]. The number of rotatable bonds is 3. The Bertz CT molecular complexity index is 473. The Hall–Kier alpha value is -1.91. The van der Waals surface area contributed by atoms with Crippen LogP contribution in [0.15, 0.2) is 18.2 Å². The fourth-order valence-electron chi connectivity index (χ4n) is 2.44. The van der Waals surface area contributed by atoms with Crippen LogP contribution in [-0.4, -0.2) is 23.8 Å². The van der Waals surface area contributed by atoms with Gasteiger partial charge >= 0.3 is 0 Å². The summed E-state index contributed by atoms with van der Waals surface area (Å²) >= 11 is 0. The number of aryl methyl sites for hydroxylation is 1. The summed E-state index contributed by atoms with van der Waals surface area (Å²) in [7, 11) is 0. The van der Waals surface area contributed by atoms with Gasteiger partial charge < -0.3 is 9.69 Å². The number of nitrogens with zero attached hydrogens (tertiary/aromatic N) is 2. The summed E-state index contributed by atoms with van der Waals surface area (Å²) in [5, 5.41) is 10.8. The topological polar surface area (TPSA) is 63.5 Å². The molecule has 1 unspecified atom stereocenters. The predicted molar refractivity (Wildman–Crippen MR) is 68.9 cm³/mol. The number of piperidine rings is 1. The molecule has 5 nitrogen and oxygen atoms in total. The Morgan fingerprint density at radius 3 is 2.83 bits per heavy atom. The molecule has 1 aromatic rings. The highest BCUT2D eigenvalue weighted by atomic mass is 16.6. The maximum Gasteiger partial charge on any atom is 0.272 e. The lowest BCUT2D eigenvalue weighted by Gasteiger charge is -2.34. The second-order valence-electron chi connectivity index (χ2n) is 4.62. The van der Waals surface area contributed by atoms with Gasteiger partial charge in [-0.1, -0.05) is 0 Å². The average molecular weight is 248 g/mol. The molecule has 0 spiro atoms. The van der Waals surface area contributed by atoms with Gasteiger partial charge in [-0.3, -0.25) is 10.1 Å². The zero-order valence-corrected chi connectivity index (χ0v) is 10.3. The van der Waals surface area contributed by atoms with E-state index in [9.17, 15) is 14.9 Å². The molecular formula is C13H16N2O3. The van der Waals surface area contributed by atoms with E-state index in [1.165, 1.54) is 6.07 Å². The van der Waals surface area contributed by atoms with Crippen molar-refractivity contribution in [3.63, 3.8) is 0 Å². The van der Waals surface area contributed by atoms with Crippen LogP contribution < -0.4 is 4.90 Å². The molecule has 1 aliphatic heterocycles. The second-order valence-corrected chi connectivity index (χ2v) is 4.62. The number of aldehydes is 1. The molecule has 0 aliphatic carbocycles. The molecule has 1 aliphatic rings. The molecule has 1 atom stereocenters. The Morgan fingerprint density at radius 2 is 2.22 bits per heavy atom. The van der Waals surface area contributed by atoms with E-state index in [0.717, 1.165) is 37.8 Å². The minimum Gasteiger partial charge on any atom is -0.362 e. The van der Waals surface area contributed by atoms with E-state index >= 15 is 0 Å². The van der Waals surface area contributed by atoms with E-state index in [2.05, 4.69) is 0 Å². The minimum atomic E-state index is -0.382. The van der Waals surface area contributed by atoms with Crippen LogP contribution in [0.3, 0.4) is 0 Å². The number of carbonyl (C=O) groups is 1. The van der Waals surface area contributed by atoms with Crippen molar-refractivity contribution in [2.45, 2.75) is 32.2 Å². The van der Waals surface area contributed by atoms with E-state index in [4.69, 9.17) is 0 Å². The summed E-state index contributed by atoms with van der Waals surface area (Å²) in [4.78, 5) is 23.5. The maximum atomic E-state index is 11.1. The monoisotopic (exact) mass is 248 g/mol. The van der Waals surface area contributed by atoms with Crippen molar-refractivity contribution in [2.75, 3.05) is 11.4 Å². The van der Waals surface area contributed by atoms with Crippen molar-refractivity contribution >= 4 is 17.7 Å². The summed E-state index contributed by atoms with van der Waals surface area (Å²) < 4.78 is 0. The van der Waals surface area contributed by atoms with Crippen molar-refractivity contribution in [3.05, 3.63) is 33.9 Å². The Kier molecular flexibility index (Phi) is 3.60. The Balaban J connectivity index is 2.30. The summed E-state index contributed by atoms with van der Waals surface area (Å²) in [6.07, 6.45) is 3.95. The summed E-state index contributed by atoms with van der Waals surface area (Å²) in [6.45, 7) is 2.56. The fourth-order valence-corrected chi connectivity index (χ4v) is 2.44. The van der Waals surface area contributed by atoms with E-state index in [1.807, 2.05) is 4.90 Å².